The third kappa shape index (κ3) is 125. The van der Waals surface area contributed by atoms with Gasteiger partial charge in [-0.15, -0.1) is 0 Å². The molecule has 4 aromatic rings. The van der Waals surface area contributed by atoms with Gasteiger partial charge in [-0.1, -0.05) is 361 Å². The molecule has 6 heteroatoms. The molecule has 1 heterocycles. The second kappa shape index (κ2) is 133. The number of nitrogens with zero attached hydrogens (tertiary/aromatic N) is 1. The minimum Gasteiger partial charge on any atom is -0.358 e. The molecule has 0 amide bonds. The summed E-state index contributed by atoms with van der Waals surface area (Å²) in [7, 11) is 1.83. The number of thioether (sulfide) groups is 1. The van der Waals surface area contributed by atoms with Crippen molar-refractivity contribution in [3.8, 4) is 0 Å². The number of allylic oxidation sites excluding steroid dienone is 8. The fourth-order valence-electron chi connectivity index (χ4n) is 5.46. The van der Waals surface area contributed by atoms with Crippen molar-refractivity contribution in [2.45, 2.75) is 255 Å². The molecule has 0 aliphatic heterocycles. The SMILES string of the molecule is C.C1=CCC=C1.C1=CCC=C1.C1CCCC1.C1CCCC1.CC.CC.CC.CC.CC.CC.CC.CCC.CCC.CN[C@@H](CCSC)C(C)=O.[CH2-]C.[CH3-].[W].[Y].c1ccc(Cc2ccccc2)cc1.c1ccccc1.c1ccncc1. The van der Waals surface area contributed by atoms with E-state index in [1.54, 1.807) is 38.0 Å². The molecule has 2 saturated carbocycles. The van der Waals surface area contributed by atoms with E-state index >= 15 is 0 Å². The summed E-state index contributed by atoms with van der Waals surface area (Å²) in [5.41, 5.74) is 2.74. The van der Waals surface area contributed by atoms with Crippen LogP contribution in [0.1, 0.15) is 253 Å². The van der Waals surface area contributed by atoms with Gasteiger partial charge in [0.2, 0.25) is 0 Å². The first-order chi connectivity index (χ1) is 38.0. The molecule has 0 saturated heterocycles. The fourth-order valence-corrected chi connectivity index (χ4v) is 5.94. The van der Waals surface area contributed by atoms with Gasteiger partial charge >= 0.3 is 0 Å². The monoisotopic (exact) mass is 1390 g/mol. The molecular weight excluding hydrogens is 1250 g/mol. The molecule has 3 nitrogen and oxygen atoms in total. The molecule has 1 radical (unpaired) electrons. The molecule has 1 atom stereocenters. The largest absolute Gasteiger partial charge is 0.358 e. The van der Waals surface area contributed by atoms with Crippen LogP contribution in [0.2, 0.25) is 0 Å². The van der Waals surface area contributed by atoms with Crippen molar-refractivity contribution in [3.05, 3.63) is 202 Å². The number of rotatable bonds is 7. The van der Waals surface area contributed by atoms with Crippen molar-refractivity contribution in [3.63, 3.8) is 0 Å². The van der Waals surface area contributed by atoms with Gasteiger partial charge in [0, 0.05) is 66.2 Å². The van der Waals surface area contributed by atoms with E-state index in [0.717, 1.165) is 31.4 Å². The molecule has 0 bridgehead atoms. The number of aromatic nitrogens is 1. The van der Waals surface area contributed by atoms with Gasteiger partial charge < -0.3 is 19.7 Å². The molecule has 0 unspecified atom stereocenters. The number of hydrogen-bond acceptors (Lipinski definition) is 4. The number of carbonyl (C=O) groups is 1. The van der Waals surface area contributed by atoms with Crippen molar-refractivity contribution in [1.29, 1.82) is 0 Å². The molecular formula is C75H140N2OSWY-2. The Labute approximate surface area is 557 Å². The van der Waals surface area contributed by atoms with E-state index in [2.05, 4.69) is 154 Å². The van der Waals surface area contributed by atoms with Gasteiger partial charge in [0.25, 0.3) is 0 Å². The second-order valence-electron chi connectivity index (χ2n) is 14.7. The molecule has 1 aromatic heterocycles. The van der Waals surface area contributed by atoms with Crippen LogP contribution in [0.3, 0.4) is 0 Å². The summed E-state index contributed by atoms with van der Waals surface area (Å²) < 4.78 is 0. The zero-order valence-electron chi connectivity index (χ0n) is 57.3. The molecule has 4 aliphatic rings. The standard InChI is InChI=1S/C13H12.C7H15NOS.C6H6.C5H5N.2C5H10.2C5H6.2C3H8.7C2H6.C2H5.CH4.CH3.W.Y/c1-3-7-12(8-4-1)11-13-9-5-2-6-10-13;1-6(9)7(8-2)4-5-10-3;2*1-2-4-6-5-3-1;4*1-2-4-5-3-1;2*1-3-2;8*1-2;;;;/h1-10H,11H2;7-8H,4-5H2,1-3H3;1-6H;1-5H;2*1-5H2;2*1-4H,5H2;2*3H2,1-2H3;7*1-2H3;1H2,2H3;1H4;1H3;;/q;;;;;;;;;;;;;;;;;-1;;-1;;/t;7-;;;;;;;;;;;;;;;;;;;;/m.0..................../s1. The number of carbonyl (C=O) groups excluding carboxylic acids is 1. The van der Waals surface area contributed by atoms with E-state index in [1.807, 2.05) is 165 Å². The molecule has 8 rings (SSSR count). The fraction of sp³-hybridized carbons (Fsp3) is 0.547. The Balaban J connectivity index is -0.0000000507. The molecule has 4 aliphatic carbocycles. The van der Waals surface area contributed by atoms with Crippen LogP contribution in [-0.4, -0.2) is 35.9 Å². The Hall–Kier alpha value is -2.46. The van der Waals surface area contributed by atoms with Gasteiger partial charge in [0.15, 0.2) is 0 Å². The minimum atomic E-state index is 0. The molecule has 2 fully saturated rings. The van der Waals surface area contributed by atoms with Gasteiger partial charge in [-0.3, -0.25) is 9.78 Å². The summed E-state index contributed by atoms with van der Waals surface area (Å²) in [5, 5.41) is 2.97. The number of Topliss-reactive ketones (excluding diaryl/α,β-unsaturated/α-hetero) is 1. The third-order valence-electron chi connectivity index (χ3n) is 8.59. The van der Waals surface area contributed by atoms with Crippen LogP contribution in [0, 0.1) is 14.4 Å². The van der Waals surface area contributed by atoms with Crippen LogP contribution in [0.5, 0.6) is 0 Å². The Morgan fingerprint density at radius 2 is 0.716 bits per heavy atom. The summed E-state index contributed by atoms with van der Waals surface area (Å²) in [6.07, 6.45) is 44.0. The van der Waals surface area contributed by atoms with Gasteiger partial charge in [-0.05, 0) is 74.9 Å². The van der Waals surface area contributed by atoms with Gasteiger partial charge in [0.1, 0.15) is 5.78 Å². The molecule has 3 aromatic carbocycles. The van der Waals surface area contributed by atoms with Crippen molar-refractivity contribution >= 4 is 17.5 Å². The predicted octanol–water partition coefficient (Wildman–Crippen LogP) is 25.8. The molecule has 81 heavy (non-hydrogen) atoms. The topological polar surface area (TPSA) is 42.0 Å². The van der Waals surface area contributed by atoms with E-state index in [4.69, 9.17) is 0 Å². The number of benzene rings is 3. The number of likely N-dealkylation sites (N-methyl/N-ethyl adjacent to an activating group) is 1. The second-order valence-corrected chi connectivity index (χ2v) is 15.7. The number of hydrogen-bond donors (Lipinski definition) is 1. The van der Waals surface area contributed by atoms with Crippen LogP contribution in [-0.2, 0) is 65.0 Å². The first-order valence-electron chi connectivity index (χ1n) is 30.9. The zero-order valence-corrected chi connectivity index (χ0v) is 63.9. The predicted molar refractivity (Wildman–Crippen MR) is 380 cm³/mol. The molecule has 1 N–H and O–H groups in total. The van der Waals surface area contributed by atoms with Crippen molar-refractivity contribution < 1.29 is 58.6 Å². The summed E-state index contributed by atoms with van der Waals surface area (Å²) in [5.74, 6) is 1.28. The summed E-state index contributed by atoms with van der Waals surface area (Å²) in [6, 6.07) is 38.8. The van der Waals surface area contributed by atoms with Gasteiger partial charge in [-0.2, -0.15) is 18.7 Å². The van der Waals surface area contributed by atoms with Crippen molar-refractivity contribution in [2.24, 2.45) is 0 Å². The zero-order chi connectivity index (χ0) is 61.0. The van der Waals surface area contributed by atoms with Crippen molar-refractivity contribution in [2.75, 3.05) is 19.1 Å². The average molecular weight is 1390 g/mol. The van der Waals surface area contributed by atoms with Crippen LogP contribution in [0.25, 0.3) is 0 Å². The quantitative estimate of drug-likeness (QED) is 0.187. The Kier molecular flexibility index (Phi) is 186. The minimum absolute atomic E-state index is 0. The van der Waals surface area contributed by atoms with E-state index < -0.39 is 0 Å². The maximum atomic E-state index is 10.8. The smallest absolute Gasteiger partial charge is 0.146 e. The molecule has 473 valence electrons. The van der Waals surface area contributed by atoms with E-state index in [0.29, 0.717) is 0 Å². The van der Waals surface area contributed by atoms with Crippen LogP contribution >= 0.6 is 11.8 Å². The Bertz CT molecular complexity index is 1320. The summed E-state index contributed by atoms with van der Waals surface area (Å²) in [6.45, 7) is 43.1. The van der Waals surface area contributed by atoms with Crippen molar-refractivity contribution in [1.82, 2.24) is 10.3 Å². The van der Waals surface area contributed by atoms with Crippen LogP contribution in [0.15, 0.2) is 176 Å². The summed E-state index contributed by atoms with van der Waals surface area (Å²) in [4.78, 5) is 14.6. The maximum absolute atomic E-state index is 10.8. The van der Waals surface area contributed by atoms with Gasteiger partial charge in [-0.25, -0.2) is 0 Å². The Morgan fingerprint density at radius 1 is 0.494 bits per heavy atom. The van der Waals surface area contributed by atoms with Crippen LogP contribution in [0.4, 0.5) is 0 Å². The van der Waals surface area contributed by atoms with E-state index in [9.17, 15) is 4.79 Å². The van der Waals surface area contributed by atoms with Crippen LogP contribution < -0.4 is 5.32 Å². The van der Waals surface area contributed by atoms with E-state index in [1.165, 1.54) is 88.2 Å². The number of ketones is 1. The van der Waals surface area contributed by atoms with Gasteiger partial charge in [0.05, 0.1) is 6.04 Å². The first kappa shape index (κ1) is 113. The number of nitrogens with one attached hydrogen (secondary N) is 1. The normalized spacial score (nSPS) is 10.6. The summed E-state index contributed by atoms with van der Waals surface area (Å²) >= 11 is 1.77. The molecule has 0 spiro atoms. The number of pyridine rings is 1. The first-order valence-corrected chi connectivity index (χ1v) is 32.3. The maximum Gasteiger partial charge on any atom is 0.146 e. The Morgan fingerprint density at radius 3 is 0.864 bits per heavy atom. The third-order valence-corrected chi connectivity index (χ3v) is 9.23. The average Bonchev–Trinajstić information content (AvgIpc) is 4.41. The van der Waals surface area contributed by atoms with E-state index in [-0.39, 0.29) is 80.5 Å².